The van der Waals surface area contributed by atoms with Gasteiger partial charge >= 0.3 is 0 Å². The van der Waals surface area contributed by atoms with Gasteiger partial charge in [0.05, 0.1) is 0 Å². The molecule has 0 aliphatic heterocycles. The Balaban J connectivity index is 1.20. The highest BCUT2D eigenvalue weighted by Gasteiger charge is 2.31. The van der Waals surface area contributed by atoms with Crippen molar-refractivity contribution >= 4 is 22.1 Å². The molecule has 1 nitrogen and oxygen atoms in total. The highest BCUT2D eigenvalue weighted by atomic mass is 31.1. The van der Waals surface area contributed by atoms with Crippen molar-refractivity contribution in [2.24, 2.45) is 4.99 Å². The van der Waals surface area contributed by atoms with E-state index in [0.29, 0.717) is 0 Å². The van der Waals surface area contributed by atoms with Crippen molar-refractivity contribution in [3.63, 3.8) is 0 Å². The van der Waals surface area contributed by atoms with Crippen LogP contribution in [0.5, 0.6) is 0 Å². The molecule has 0 amide bonds. The third kappa shape index (κ3) is 8.98. The summed E-state index contributed by atoms with van der Waals surface area (Å²) >= 11 is 0. The second-order valence-corrected chi connectivity index (χ2v) is 17.8. The molecule has 4 fully saturated rings. The molecule has 0 bridgehead atoms. The molecule has 3 heteroatoms. The Hall–Kier alpha value is 0.270. The Bertz CT molecular complexity index is 490. The molecule has 34 heavy (non-hydrogen) atoms. The second kappa shape index (κ2) is 16.2. The first kappa shape index (κ1) is 27.3. The summed E-state index contributed by atoms with van der Waals surface area (Å²) in [5, 5.41) is 0. The molecule has 4 aliphatic rings. The first-order valence-corrected chi connectivity index (χ1v) is 18.9. The fourth-order valence-corrected chi connectivity index (χ4v) is 15.3. The Kier molecular flexibility index (Phi) is 13.0. The lowest BCUT2D eigenvalue weighted by Gasteiger charge is -2.38. The number of nitrogens with zero attached hydrogens (tertiary/aromatic N) is 1. The van der Waals surface area contributed by atoms with Gasteiger partial charge in [0.25, 0.3) is 0 Å². The van der Waals surface area contributed by atoms with Crippen molar-refractivity contribution in [2.75, 3.05) is 12.3 Å². The van der Waals surface area contributed by atoms with E-state index in [1.807, 2.05) is 0 Å². The van der Waals surface area contributed by atoms with Gasteiger partial charge in [-0.15, -0.1) is 7.92 Å². The maximum absolute atomic E-state index is 4.77. The molecule has 0 saturated heterocycles. The van der Waals surface area contributed by atoms with Crippen LogP contribution in [-0.4, -0.2) is 41.2 Å². The Morgan fingerprint density at radius 2 is 0.824 bits per heavy atom. The van der Waals surface area contributed by atoms with Gasteiger partial charge in [-0.3, -0.25) is 4.99 Å². The van der Waals surface area contributed by atoms with Gasteiger partial charge in [0.2, 0.25) is 0 Å². The minimum absolute atomic E-state index is 0.239. The third-order valence-corrected chi connectivity index (χ3v) is 16.9. The van der Waals surface area contributed by atoms with Gasteiger partial charge in [-0.1, -0.05) is 91.0 Å². The lowest BCUT2D eigenvalue weighted by atomic mass is 9.99. The van der Waals surface area contributed by atoms with Crippen molar-refractivity contribution in [1.82, 2.24) is 0 Å². The standard InChI is InChI=1S/C31H55NP2/c1-5-16-28(17-6-1)33(29-18-7-2-8-19-29)26-14-13-24-32-25-15-27-34(30-20-9-3-10-21-30)31-22-11-4-12-23-31/h13,24-25,28-31H,1-12,14-23,26-27H2. The van der Waals surface area contributed by atoms with Gasteiger partial charge in [-0.25, -0.2) is 0 Å². The van der Waals surface area contributed by atoms with E-state index in [1.54, 1.807) is 51.4 Å². The van der Waals surface area contributed by atoms with Crippen LogP contribution in [-0.2, 0) is 0 Å². The van der Waals surface area contributed by atoms with Crippen LogP contribution in [0.15, 0.2) is 17.3 Å². The smallest absolute Gasteiger partial charge is 0.0224 e. The zero-order valence-electron chi connectivity index (χ0n) is 22.4. The fourth-order valence-electron chi connectivity index (χ4n) is 7.68. The Morgan fingerprint density at radius 3 is 1.21 bits per heavy atom. The van der Waals surface area contributed by atoms with E-state index in [1.165, 1.54) is 102 Å². The summed E-state index contributed by atoms with van der Waals surface area (Å²) in [5.74, 6) is 0. The molecule has 0 atom stereocenters. The van der Waals surface area contributed by atoms with Crippen molar-refractivity contribution in [1.29, 1.82) is 0 Å². The predicted octanol–water partition coefficient (Wildman–Crippen LogP) is 10.6. The van der Waals surface area contributed by atoms with Gasteiger partial charge in [0.1, 0.15) is 0 Å². The normalized spacial score (nSPS) is 25.4. The van der Waals surface area contributed by atoms with Crippen LogP contribution in [0.4, 0.5) is 0 Å². The van der Waals surface area contributed by atoms with Crippen LogP contribution >= 0.6 is 15.8 Å². The molecule has 0 radical (unpaired) electrons. The molecular weight excluding hydrogens is 448 g/mol. The van der Waals surface area contributed by atoms with Crippen molar-refractivity contribution < 1.29 is 0 Å². The molecule has 0 spiro atoms. The van der Waals surface area contributed by atoms with Crippen LogP contribution in [0, 0.1) is 0 Å². The zero-order valence-corrected chi connectivity index (χ0v) is 24.1. The van der Waals surface area contributed by atoms with Crippen LogP contribution in [0.3, 0.4) is 0 Å². The molecule has 0 N–H and O–H groups in total. The second-order valence-electron chi connectivity index (χ2n) is 11.9. The highest BCUT2D eigenvalue weighted by molar-refractivity contribution is 7.59. The monoisotopic (exact) mass is 503 g/mol. The lowest BCUT2D eigenvalue weighted by Crippen LogP contribution is -2.22. The first-order chi connectivity index (χ1) is 16.9. The molecule has 4 rings (SSSR count). The zero-order chi connectivity index (χ0) is 23.3. The van der Waals surface area contributed by atoms with E-state index in [9.17, 15) is 0 Å². The van der Waals surface area contributed by atoms with Crippen LogP contribution in [0.25, 0.3) is 0 Å². The summed E-state index contributed by atoms with van der Waals surface area (Å²) in [6, 6.07) is 0. The summed E-state index contributed by atoms with van der Waals surface area (Å²) < 4.78 is 0. The maximum Gasteiger partial charge on any atom is 0.0224 e. The van der Waals surface area contributed by atoms with Gasteiger partial charge in [0, 0.05) is 12.4 Å². The molecular formula is C31H55NP2. The number of rotatable bonds is 11. The van der Waals surface area contributed by atoms with E-state index in [0.717, 1.165) is 22.6 Å². The molecule has 4 aliphatic carbocycles. The summed E-state index contributed by atoms with van der Waals surface area (Å²) in [6.45, 7) is 0. The van der Waals surface area contributed by atoms with E-state index >= 15 is 0 Å². The topological polar surface area (TPSA) is 12.4 Å². The summed E-state index contributed by atoms with van der Waals surface area (Å²) in [6.07, 6.45) is 42.8. The Labute approximate surface area is 215 Å². The molecule has 0 aromatic rings. The lowest BCUT2D eigenvalue weighted by molar-refractivity contribution is 0.484. The van der Waals surface area contributed by atoms with Gasteiger partial charge in [0.15, 0.2) is 0 Å². The molecule has 0 aromatic heterocycles. The molecule has 194 valence electrons. The SMILES string of the molecule is C(=CN=CCCP(C1CCCCC1)C1CCCCC1)CCP(C1CCCCC1)C1CCCCC1. The first-order valence-electron chi connectivity index (χ1n) is 15.6. The highest BCUT2D eigenvalue weighted by Crippen LogP contribution is 2.57. The number of hydrogen-bond donors (Lipinski definition) is 0. The van der Waals surface area contributed by atoms with Gasteiger partial charge in [-0.2, -0.15) is 0 Å². The number of allylic oxidation sites excluding steroid dienone is 1. The minimum Gasteiger partial charge on any atom is -0.269 e. The maximum atomic E-state index is 4.77. The number of aliphatic imine (C=N–C) groups is 1. The minimum atomic E-state index is 0.239. The predicted molar refractivity (Wildman–Crippen MR) is 158 cm³/mol. The molecule has 0 aromatic carbocycles. The average molecular weight is 504 g/mol. The third-order valence-electron chi connectivity index (χ3n) is 9.54. The van der Waals surface area contributed by atoms with Gasteiger partial charge < -0.3 is 0 Å². The summed E-state index contributed by atoms with van der Waals surface area (Å²) in [7, 11) is 0.490. The van der Waals surface area contributed by atoms with E-state index in [4.69, 9.17) is 4.99 Å². The van der Waals surface area contributed by atoms with Crippen LogP contribution in [0.2, 0.25) is 0 Å². The molecule has 0 unspecified atom stereocenters. The van der Waals surface area contributed by atoms with Gasteiger partial charge in [-0.05, 0) is 99.2 Å². The van der Waals surface area contributed by atoms with Crippen LogP contribution in [0.1, 0.15) is 141 Å². The molecule has 0 heterocycles. The number of hydrogen-bond acceptors (Lipinski definition) is 1. The van der Waals surface area contributed by atoms with Crippen molar-refractivity contribution in [3.05, 3.63) is 12.3 Å². The molecule has 4 saturated carbocycles. The van der Waals surface area contributed by atoms with Crippen molar-refractivity contribution in [2.45, 2.75) is 164 Å². The van der Waals surface area contributed by atoms with E-state index in [-0.39, 0.29) is 15.8 Å². The summed E-state index contributed by atoms with van der Waals surface area (Å²) in [4.78, 5) is 4.77. The van der Waals surface area contributed by atoms with Crippen LogP contribution < -0.4 is 0 Å². The fraction of sp³-hybridized carbons (Fsp3) is 0.903. The van der Waals surface area contributed by atoms with Crippen molar-refractivity contribution in [3.8, 4) is 0 Å². The van der Waals surface area contributed by atoms with E-state index in [2.05, 4.69) is 18.5 Å². The Morgan fingerprint density at radius 1 is 0.471 bits per heavy atom. The van der Waals surface area contributed by atoms with E-state index < -0.39 is 0 Å². The largest absolute Gasteiger partial charge is 0.269 e. The average Bonchev–Trinajstić information content (AvgIpc) is 2.92. The quantitative estimate of drug-likeness (QED) is 0.196. The summed E-state index contributed by atoms with van der Waals surface area (Å²) in [5.41, 5.74) is 4.38.